The van der Waals surface area contributed by atoms with Crippen molar-refractivity contribution in [1.29, 1.82) is 0 Å². The van der Waals surface area contributed by atoms with Gasteiger partial charge in [0.2, 0.25) is 5.95 Å². The summed E-state index contributed by atoms with van der Waals surface area (Å²) in [5.74, 6) is 1.54. The molecule has 0 radical (unpaired) electrons. The molecule has 11 heteroatoms. The molecule has 0 aliphatic carbocycles. The van der Waals surface area contributed by atoms with E-state index in [0.29, 0.717) is 33.3 Å². The van der Waals surface area contributed by atoms with Gasteiger partial charge in [0, 0.05) is 27.4 Å². The van der Waals surface area contributed by atoms with Crippen LogP contribution in [0.1, 0.15) is 44.5 Å². The maximum absolute atomic E-state index is 13.0. The highest BCUT2D eigenvalue weighted by atomic mass is 127. The van der Waals surface area contributed by atoms with E-state index in [0.717, 1.165) is 28.1 Å². The number of alkyl halides is 1. The van der Waals surface area contributed by atoms with Crippen LogP contribution in [0.25, 0.3) is 11.3 Å². The molecule has 4 rings (SSSR count). The third kappa shape index (κ3) is 6.52. The molecule has 0 spiro atoms. The Bertz CT molecular complexity index is 1580. The van der Waals surface area contributed by atoms with Crippen LogP contribution < -0.4 is 15.4 Å². The lowest BCUT2D eigenvalue weighted by molar-refractivity contribution is 0.243. The van der Waals surface area contributed by atoms with Gasteiger partial charge < -0.3 is 15.4 Å². The number of halogens is 1. The van der Waals surface area contributed by atoms with E-state index in [2.05, 4.69) is 48.4 Å². The minimum Gasteiger partial charge on any atom is -0.489 e. The first kappa shape index (κ1) is 28.8. The molecule has 0 aliphatic rings. The number of aromatic amines is 1. The molecule has 3 N–H and O–H groups in total. The van der Waals surface area contributed by atoms with E-state index in [9.17, 15) is 8.42 Å². The van der Waals surface area contributed by atoms with E-state index in [-0.39, 0.29) is 11.0 Å². The van der Waals surface area contributed by atoms with Crippen molar-refractivity contribution < 1.29 is 13.2 Å². The number of hydrogen-bond donors (Lipinski definition) is 3. The van der Waals surface area contributed by atoms with Crippen molar-refractivity contribution in [3.05, 3.63) is 65.5 Å². The summed E-state index contributed by atoms with van der Waals surface area (Å²) in [6.45, 7) is 11.3. The first-order chi connectivity index (χ1) is 18.5. The van der Waals surface area contributed by atoms with Gasteiger partial charge in [-0.25, -0.2) is 13.4 Å². The standard InChI is InChI=1S/C28H33IN6O3S/c1-16(2)38-25-11-18(5)21(23-12-19(6)34-35-23)13-24(25)32-28-30-15-20(14-29)27(33-28)31-22-9-7-8-10-26(22)39(36,37)17(3)4/h7-13,15-17H,14H2,1-6H3,(H,34,35)(H2,30,31,32,33). The van der Waals surface area contributed by atoms with E-state index in [1.165, 1.54) is 0 Å². The second-order valence-corrected chi connectivity index (χ2v) is 13.0. The number of ether oxygens (including phenoxy) is 1. The molecular weight excluding hydrogens is 627 g/mol. The van der Waals surface area contributed by atoms with Gasteiger partial charge in [-0.2, -0.15) is 10.1 Å². The van der Waals surface area contributed by atoms with Crippen molar-refractivity contribution in [2.75, 3.05) is 10.6 Å². The second-order valence-electron chi connectivity index (χ2n) is 9.81. The van der Waals surface area contributed by atoms with Gasteiger partial charge in [-0.15, -0.1) is 0 Å². The molecule has 9 nitrogen and oxygen atoms in total. The molecule has 2 aromatic carbocycles. The zero-order valence-electron chi connectivity index (χ0n) is 22.8. The Morgan fingerprint density at radius 2 is 1.77 bits per heavy atom. The lowest BCUT2D eigenvalue weighted by Crippen LogP contribution is -2.16. The van der Waals surface area contributed by atoms with Crippen LogP contribution in [0.3, 0.4) is 0 Å². The average Bonchev–Trinajstić information content (AvgIpc) is 3.31. The first-order valence-electron chi connectivity index (χ1n) is 12.6. The molecule has 0 atom stereocenters. The summed E-state index contributed by atoms with van der Waals surface area (Å²) in [6.07, 6.45) is 1.70. The predicted molar refractivity (Wildman–Crippen MR) is 164 cm³/mol. The van der Waals surface area contributed by atoms with Gasteiger partial charge in [0.15, 0.2) is 9.84 Å². The number of H-pyrrole nitrogens is 1. The van der Waals surface area contributed by atoms with Crippen LogP contribution in [-0.2, 0) is 14.3 Å². The number of anilines is 4. The van der Waals surface area contributed by atoms with Gasteiger partial charge in [-0.1, -0.05) is 34.7 Å². The molecular formula is C28H33IN6O3S. The van der Waals surface area contributed by atoms with E-state index in [4.69, 9.17) is 9.72 Å². The normalized spacial score (nSPS) is 11.7. The maximum atomic E-state index is 13.0. The van der Waals surface area contributed by atoms with Gasteiger partial charge in [0.25, 0.3) is 0 Å². The Balaban J connectivity index is 1.75. The van der Waals surface area contributed by atoms with E-state index >= 15 is 0 Å². The highest BCUT2D eigenvalue weighted by molar-refractivity contribution is 14.1. The Morgan fingerprint density at radius 3 is 2.41 bits per heavy atom. The van der Waals surface area contributed by atoms with Crippen LogP contribution >= 0.6 is 22.6 Å². The highest BCUT2D eigenvalue weighted by Crippen LogP contribution is 2.36. The number of benzene rings is 2. The first-order valence-corrected chi connectivity index (χ1v) is 15.7. The molecule has 0 saturated heterocycles. The summed E-state index contributed by atoms with van der Waals surface area (Å²) in [6, 6.07) is 12.8. The number of nitrogens with one attached hydrogen (secondary N) is 3. The molecule has 0 aliphatic heterocycles. The Labute approximate surface area is 243 Å². The summed E-state index contributed by atoms with van der Waals surface area (Å²) in [7, 11) is -3.51. The lowest BCUT2D eigenvalue weighted by atomic mass is 10.0. The Hall–Kier alpha value is -3.19. The number of rotatable bonds is 10. The van der Waals surface area contributed by atoms with Gasteiger partial charge in [0.1, 0.15) is 11.6 Å². The third-order valence-corrected chi connectivity index (χ3v) is 9.03. The number of sulfone groups is 1. The molecule has 0 unspecified atom stereocenters. The minimum absolute atomic E-state index is 0.0395. The van der Waals surface area contributed by atoms with Crippen LogP contribution in [-0.4, -0.2) is 39.9 Å². The van der Waals surface area contributed by atoms with Crippen molar-refractivity contribution >= 4 is 55.6 Å². The molecule has 2 aromatic heterocycles. The zero-order valence-corrected chi connectivity index (χ0v) is 25.8. The fourth-order valence-electron chi connectivity index (χ4n) is 3.96. The van der Waals surface area contributed by atoms with Crippen molar-refractivity contribution in [2.24, 2.45) is 0 Å². The van der Waals surface area contributed by atoms with Gasteiger partial charge >= 0.3 is 0 Å². The average molecular weight is 661 g/mol. The quantitative estimate of drug-likeness (QED) is 0.124. The van der Waals surface area contributed by atoms with E-state index < -0.39 is 15.1 Å². The number of para-hydroxylation sites is 1. The molecule has 0 amide bonds. The molecule has 0 bridgehead atoms. The Kier molecular flexibility index (Phi) is 8.80. The van der Waals surface area contributed by atoms with Crippen LogP contribution in [0.5, 0.6) is 5.75 Å². The van der Waals surface area contributed by atoms with E-state index in [1.807, 2.05) is 45.9 Å². The van der Waals surface area contributed by atoms with Crippen molar-refractivity contribution in [3.8, 4) is 17.0 Å². The molecule has 206 valence electrons. The number of aryl methyl sites for hydroxylation is 2. The van der Waals surface area contributed by atoms with Crippen LogP contribution in [0.2, 0.25) is 0 Å². The summed E-state index contributed by atoms with van der Waals surface area (Å²) in [4.78, 5) is 9.51. The van der Waals surface area contributed by atoms with Crippen molar-refractivity contribution in [2.45, 2.75) is 62.2 Å². The molecule has 2 heterocycles. The van der Waals surface area contributed by atoms with Gasteiger partial charge in [-0.3, -0.25) is 5.10 Å². The summed E-state index contributed by atoms with van der Waals surface area (Å²) < 4.78 is 32.7. The summed E-state index contributed by atoms with van der Waals surface area (Å²) in [5, 5.41) is 13.4. The Morgan fingerprint density at radius 1 is 1.03 bits per heavy atom. The fraction of sp³-hybridized carbons (Fsp3) is 0.321. The minimum atomic E-state index is -3.51. The molecule has 4 aromatic rings. The second kappa shape index (κ2) is 11.9. The SMILES string of the molecule is Cc1cc(-c2cc(Nc3ncc(CI)c(Nc4ccccc4S(=O)(=O)C(C)C)n3)c(OC(C)C)cc2C)n[nH]1. The van der Waals surface area contributed by atoms with Crippen molar-refractivity contribution in [1.82, 2.24) is 20.2 Å². The number of nitrogens with zero attached hydrogens (tertiary/aromatic N) is 3. The predicted octanol–water partition coefficient (Wildman–Crippen LogP) is 6.88. The fourth-order valence-corrected chi connectivity index (χ4v) is 5.72. The van der Waals surface area contributed by atoms with Crippen molar-refractivity contribution in [3.63, 3.8) is 0 Å². The topological polar surface area (TPSA) is 122 Å². The molecule has 0 fully saturated rings. The molecule has 0 saturated carbocycles. The van der Waals surface area contributed by atoms with Crippen LogP contribution in [0.15, 0.2) is 53.6 Å². The highest BCUT2D eigenvalue weighted by Gasteiger charge is 2.23. The maximum Gasteiger partial charge on any atom is 0.229 e. The third-order valence-electron chi connectivity index (χ3n) is 5.99. The van der Waals surface area contributed by atoms with Crippen LogP contribution in [0, 0.1) is 13.8 Å². The molecule has 39 heavy (non-hydrogen) atoms. The monoisotopic (exact) mass is 660 g/mol. The largest absolute Gasteiger partial charge is 0.489 e. The lowest BCUT2D eigenvalue weighted by Gasteiger charge is -2.19. The number of aromatic nitrogens is 4. The van der Waals surface area contributed by atoms with Gasteiger partial charge in [0.05, 0.1) is 33.3 Å². The summed E-state index contributed by atoms with van der Waals surface area (Å²) >= 11 is 2.24. The van der Waals surface area contributed by atoms with Gasteiger partial charge in [-0.05, 0) is 77.4 Å². The zero-order chi connectivity index (χ0) is 28.3. The van der Waals surface area contributed by atoms with Crippen LogP contribution in [0.4, 0.5) is 23.1 Å². The smallest absolute Gasteiger partial charge is 0.229 e. The summed E-state index contributed by atoms with van der Waals surface area (Å²) in [5.41, 5.74) is 5.78. The number of hydrogen-bond acceptors (Lipinski definition) is 8. The van der Waals surface area contributed by atoms with E-state index in [1.54, 1.807) is 44.3 Å².